The minimum absolute atomic E-state index is 0.0196. The summed E-state index contributed by atoms with van der Waals surface area (Å²) in [5.74, 6) is 1.05. The maximum Gasteiger partial charge on any atom is 0.319 e. The molecule has 0 unspecified atom stereocenters. The predicted molar refractivity (Wildman–Crippen MR) is 114 cm³/mol. The fourth-order valence-electron chi connectivity index (χ4n) is 3.95. The molecule has 0 radical (unpaired) electrons. The Morgan fingerprint density at radius 2 is 1.79 bits per heavy atom. The highest BCUT2D eigenvalue weighted by atomic mass is 16.2. The van der Waals surface area contributed by atoms with Gasteiger partial charge in [-0.05, 0) is 31.0 Å². The standard InChI is InChI=1S/C21H34N6O2/c1-4-25-11-13-26(14-12-25)19-6-5-17(15-22-19)16-23-20(28)18-7-9-27(10-8-18)21(29)24(2)3/h5-6,15,18H,4,7-14,16H2,1-3H3,(H,23,28). The van der Waals surface area contributed by atoms with Crippen LogP contribution in [0.4, 0.5) is 10.6 Å². The number of carbonyl (C=O) groups is 2. The van der Waals surface area contributed by atoms with E-state index in [9.17, 15) is 9.59 Å². The fourth-order valence-corrected chi connectivity index (χ4v) is 3.95. The van der Waals surface area contributed by atoms with Gasteiger partial charge >= 0.3 is 6.03 Å². The van der Waals surface area contributed by atoms with E-state index in [-0.39, 0.29) is 17.9 Å². The first-order valence-corrected chi connectivity index (χ1v) is 10.6. The Balaban J connectivity index is 1.42. The maximum absolute atomic E-state index is 12.5. The Morgan fingerprint density at radius 3 is 2.34 bits per heavy atom. The van der Waals surface area contributed by atoms with Crippen LogP contribution >= 0.6 is 0 Å². The maximum atomic E-state index is 12.5. The van der Waals surface area contributed by atoms with Crippen molar-refractivity contribution in [3.05, 3.63) is 23.9 Å². The molecule has 0 saturated carbocycles. The normalized spacial score (nSPS) is 18.6. The van der Waals surface area contributed by atoms with E-state index in [1.165, 1.54) is 0 Å². The summed E-state index contributed by atoms with van der Waals surface area (Å²) in [7, 11) is 3.51. The number of nitrogens with zero attached hydrogens (tertiary/aromatic N) is 5. The molecule has 160 valence electrons. The average Bonchev–Trinajstić information content (AvgIpc) is 2.77. The van der Waals surface area contributed by atoms with Crippen molar-refractivity contribution in [3.63, 3.8) is 0 Å². The van der Waals surface area contributed by atoms with E-state index in [1.807, 2.05) is 17.2 Å². The molecule has 2 aliphatic heterocycles. The lowest BCUT2D eigenvalue weighted by molar-refractivity contribution is -0.126. The van der Waals surface area contributed by atoms with Gasteiger partial charge in [-0.2, -0.15) is 0 Å². The van der Waals surface area contributed by atoms with Gasteiger partial charge in [-0.3, -0.25) is 4.79 Å². The molecule has 3 rings (SSSR count). The predicted octanol–water partition coefficient (Wildman–Crippen LogP) is 1.23. The second-order valence-electron chi connectivity index (χ2n) is 8.10. The van der Waals surface area contributed by atoms with E-state index < -0.39 is 0 Å². The van der Waals surface area contributed by atoms with Gasteiger partial charge in [0.25, 0.3) is 0 Å². The molecule has 3 amide bonds. The third-order valence-electron chi connectivity index (χ3n) is 5.94. The third kappa shape index (κ3) is 5.59. The Labute approximate surface area is 173 Å². The number of hydrogen-bond donors (Lipinski definition) is 1. The number of amides is 3. The number of anilines is 1. The van der Waals surface area contributed by atoms with Crippen molar-refractivity contribution in [1.29, 1.82) is 0 Å². The summed E-state index contributed by atoms with van der Waals surface area (Å²) in [6.07, 6.45) is 3.29. The van der Waals surface area contributed by atoms with Gasteiger partial charge in [0.05, 0.1) is 0 Å². The summed E-state index contributed by atoms with van der Waals surface area (Å²) in [6.45, 7) is 9.23. The summed E-state index contributed by atoms with van der Waals surface area (Å²) in [6, 6.07) is 4.12. The van der Waals surface area contributed by atoms with Gasteiger partial charge in [0, 0.05) is 72.0 Å². The van der Waals surface area contributed by atoms with Crippen LogP contribution in [0.15, 0.2) is 18.3 Å². The third-order valence-corrected chi connectivity index (χ3v) is 5.94. The van der Waals surface area contributed by atoms with Gasteiger partial charge in [0.15, 0.2) is 0 Å². The Bertz CT molecular complexity index is 677. The van der Waals surface area contributed by atoms with Crippen molar-refractivity contribution in [2.45, 2.75) is 26.3 Å². The number of hydrogen-bond acceptors (Lipinski definition) is 5. The fraction of sp³-hybridized carbons (Fsp3) is 0.667. The zero-order valence-electron chi connectivity index (χ0n) is 17.9. The Morgan fingerprint density at radius 1 is 1.10 bits per heavy atom. The number of likely N-dealkylation sites (tertiary alicyclic amines) is 1. The van der Waals surface area contributed by atoms with E-state index in [0.29, 0.717) is 32.5 Å². The number of piperidine rings is 1. The van der Waals surface area contributed by atoms with E-state index in [1.54, 1.807) is 19.0 Å². The van der Waals surface area contributed by atoms with Gasteiger partial charge in [-0.25, -0.2) is 9.78 Å². The molecule has 0 spiro atoms. The lowest BCUT2D eigenvalue weighted by atomic mass is 9.96. The van der Waals surface area contributed by atoms with E-state index in [0.717, 1.165) is 44.1 Å². The van der Waals surface area contributed by atoms with E-state index >= 15 is 0 Å². The van der Waals surface area contributed by atoms with Gasteiger partial charge in [-0.15, -0.1) is 0 Å². The minimum atomic E-state index is -0.0247. The molecule has 2 fully saturated rings. The SMILES string of the molecule is CCN1CCN(c2ccc(CNC(=O)C3CCN(C(=O)N(C)C)CC3)cn2)CC1. The topological polar surface area (TPSA) is 72.0 Å². The molecule has 2 saturated heterocycles. The second kappa shape index (κ2) is 9.91. The smallest absolute Gasteiger partial charge is 0.319 e. The highest BCUT2D eigenvalue weighted by Crippen LogP contribution is 2.19. The Kier molecular flexibility index (Phi) is 7.30. The summed E-state index contributed by atoms with van der Waals surface area (Å²) < 4.78 is 0. The molecule has 1 N–H and O–H groups in total. The number of carbonyl (C=O) groups excluding carboxylic acids is 2. The first-order valence-electron chi connectivity index (χ1n) is 10.6. The van der Waals surface area contributed by atoms with Crippen LogP contribution < -0.4 is 10.2 Å². The molecule has 1 aromatic heterocycles. The van der Waals surface area contributed by atoms with Crippen LogP contribution in [0, 0.1) is 5.92 Å². The zero-order valence-corrected chi connectivity index (χ0v) is 17.9. The quantitative estimate of drug-likeness (QED) is 0.802. The van der Waals surface area contributed by atoms with Crippen molar-refractivity contribution in [2.75, 3.05) is 64.8 Å². The molecule has 8 nitrogen and oxygen atoms in total. The van der Waals surface area contributed by atoms with E-state index in [2.05, 4.69) is 33.1 Å². The molecule has 1 aromatic rings. The number of piperazine rings is 1. The first kappa shape index (κ1) is 21.4. The van der Waals surface area contributed by atoms with Gasteiger partial charge in [0.1, 0.15) is 5.82 Å². The van der Waals surface area contributed by atoms with Crippen molar-refractivity contribution in [1.82, 2.24) is 25.0 Å². The summed E-state index contributed by atoms with van der Waals surface area (Å²) in [5.41, 5.74) is 1.01. The van der Waals surface area contributed by atoms with Crippen LogP contribution in [-0.2, 0) is 11.3 Å². The Hall–Kier alpha value is -2.35. The van der Waals surface area contributed by atoms with Crippen LogP contribution in [0.25, 0.3) is 0 Å². The van der Waals surface area contributed by atoms with Crippen LogP contribution in [0.5, 0.6) is 0 Å². The average molecular weight is 403 g/mol. The lowest BCUT2D eigenvalue weighted by Gasteiger charge is -2.34. The highest BCUT2D eigenvalue weighted by molar-refractivity contribution is 5.79. The second-order valence-corrected chi connectivity index (χ2v) is 8.10. The highest BCUT2D eigenvalue weighted by Gasteiger charge is 2.27. The minimum Gasteiger partial charge on any atom is -0.354 e. The molecule has 2 aliphatic rings. The van der Waals surface area contributed by atoms with Crippen LogP contribution in [0.3, 0.4) is 0 Å². The van der Waals surface area contributed by atoms with E-state index in [4.69, 9.17) is 0 Å². The number of urea groups is 1. The number of rotatable bonds is 5. The molecule has 0 bridgehead atoms. The van der Waals surface area contributed by atoms with Crippen LogP contribution in [0.1, 0.15) is 25.3 Å². The first-order chi connectivity index (χ1) is 14.0. The van der Waals surface area contributed by atoms with Crippen molar-refractivity contribution in [2.24, 2.45) is 5.92 Å². The number of aromatic nitrogens is 1. The molecule has 3 heterocycles. The zero-order chi connectivity index (χ0) is 20.8. The monoisotopic (exact) mass is 402 g/mol. The molecule has 0 aliphatic carbocycles. The van der Waals surface area contributed by atoms with Crippen molar-refractivity contribution in [3.8, 4) is 0 Å². The molecule has 0 atom stereocenters. The summed E-state index contributed by atoms with van der Waals surface area (Å²) in [4.78, 5) is 37.2. The van der Waals surface area contributed by atoms with Crippen LogP contribution in [-0.4, -0.2) is 91.5 Å². The molecular weight excluding hydrogens is 368 g/mol. The molecule has 0 aromatic carbocycles. The van der Waals surface area contributed by atoms with Crippen molar-refractivity contribution < 1.29 is 9.59 Å². The number of pyridine rings is 1. The molecule has 8 heteroatoms. The summed E-state index contributed by atoms with van der Waals surface area (Å²) >= 11 is 0. The molecule has 29 heavy (non-hydrogen) atoms. The van der Waals surface area contributed by atoms with Gasteiger partial charge < -0.3 is 24.9 Å². The van der Waals surface area contributed by atoms with Gasteiger partial charge in [-0.1, -0.05) is 13.0 Å². The summed E-state index contributed by atoms with van der Waals surface area (Å²) in [5, 5.41) is 3.03. The van der Waals surface area contributed by atoms with Crippen molar-refractivity contribution >= 4 is 17.8 Å². The largest absolute Gasteiger partial charge is 0.354 e. The van der Waals surface area contributed by atoms with Gasteiger partial charge in [0.2, 0.25) is 5.91 Å². The number of likely N-dealkylation sites (N-methyl/N-ethyl adjacent to an activating group) is 1. The lowest BCUT2D eigenvalue weighted by Crippen LogP contribution is -2.46. The van der Waals surface area contributed by atoms with Crippen LogP contribution in [0.2, 0.25) is 0 Å². The molecular formula is C21H34N6O2. The number of nitrogens with one attached hydrogen (secondary N) is 1.